The van der Waals surface area contributed by atoms with Gasteiger partial charge in [-0.2, -0.15) is 5.26 Å². The van der Waals surface area contributed by atoms with Crippen molar-refractivity contribution in [3.05, 3.63) is 60.2 Å². The maximum atomic E-state index is 12.5. The number of hydrogen-bond acceptors (Lipinski definition) is 4. The van der Waals surface area contributed by atoms with Gasteiger partial charge in [0, 0.05) is 0 Å². The van der Waals surface area contributed by atoms with Crippen molar-refractivity contribution in [1.82, 2.24) is 0 Å². The lowest BCUT2D eigenvalue weighted by Gasteiger charge is -2.11. The molecule has 2 aromatic carbocycles. The molecule has 0 spiro atoms. The second-order valence-electron chi connectivity index (χ2n) is 4.14. The van der Waals surface area contributed by atoms with E-state index in [1.54, 1.807) is 42.5 Å². The standard InChI is InChI=1S/C15H13NO3S/c1-19-13-9-7-12(8-10-13)15(11-16)20(17,18)14-5-3-2-4-6-14/h2-10,15H,1H3. The molecule has 2 rings (SSSR count). The molecule has 0 aliphatic heterocycles. The van der Waals surface area contributed by atoms with Crippen LogP contribution in [0, 0.1) is 11.3 Å². The molecule has 4 nitrogen and oxygen atoms in total. The first-order valence-corrected chi connectivity index (χ1v) is 7.46. The summed E-state index contributed by atoms with van der Waals surface area (Å²) in [5, 5.41) is 8.02. The molecule has 5 heteroatoms. The predicted octanol–water partition coefficient (Wildman–Crippen LogP) is 2.73. The van der Waals surface area contributed by atoms with E-state index < -0.39 is 15.1 Å². The van der Waals surface area contributed by atoms with Gasteiger partial charge in [0.2, 0.25) is 0 Å². The Kier molecular flexibility index (Phi) is 4.06. The van der Waals surface area contributed by atoms with Gasteiger partial charge in [0.25, 0.3) is 0 Å². The van der Waals surface area contributed by atoms with Gasteiger partial charge in [0.15, 0.2) is 15.1 Å². The highest BCUT2D eigenvalue weighted by atomic mass is 32.2. The average molecular weight is 287 g/mol. The monoisotopic (exact) mass is 287 g/mol. The van der Waals surface area contributed by atoms with Crippen LogP contribution in [0.15, 0.2) is 59.5 Å². The molecular weight excluding hydrogens is 274 g/mol. The largest absolute Gasteiger partial charge is 0.497 e. The third-order valence-electron chi connectivity index (χ3n) is 2.92. The highest BCUT2D eigenvalue weighted by Crippen LogP contribution is 2.29. The van der Waals surface area contributed by atoms with E-state index in [0.29, 0.717) is 11.3 Å². The van der Waals surface area contributed by atoms with Gasteiger partial charge in [-0.1, -0.05) is 30.3 Å². The Morgan fingerprint density at radius 3 is 2.15 bits per heavy atom. The number of sulfone groups is 1. The van der Waals surface area contributed by atoms with Gasteiger partial charge in [-0.15, -0.1) is 0 Å². The molecule has 0 amide bonds. The lowest BCUT2D eigenvalue weighted by atomic mass is 10.1. The molecule has 0 N–H and O–H groups in total. The molecule has 0 saturated carbocycles. The van der Waals surface area contributed by atoms with Gasteiger partial charge in [0.05, 0.1) is 18.1 Å². The second kappa shape index (κ2) is 5.76. The Morgan fingerprint density at radius 2 is 1.65 bits per heavy atom. The summed E-state index contributed by atoms with van der Waals surface area (Å²) in [6, 6.07) is 16.3. The van der Waals surface area contributed by atoms with Crippen LogP contribution >= 0.6 is 0 Å². The minimum absolute atomic E-state index is 0.141. The van der Waals surface area contributed by atoms with Crippen LogP contribution in [0.1, 0.15) is 10.8 Å². The molecule has 0 saturated heterocycles. The van der Waals surface area contributed by atoms with Crippen molar-refractivity contribution < 1.29 is 13.2 Å². The fourth-order valence-electron chi connectivity index (χ4n) is 1.85. The van der Waals surface area contributed by atoms with Crippen LogP contribution in [0.3, 0.4) is 0 Å². The Balaban J connectivity index is 2.44. The van der Waals surface area contributed by atoms with Gasteiger partial charge >= 0.3 is 0 Å². The van der Waals surface area contributed by atoms with Gasteiger partial charge in [0.1, 0.15) is 5.75 Å². The van der Waals surface area contributed by atoms with Crippen molar-refractivity contribution >= 4 is 9.84 Å². The van der Waals surface area contributed by atoms with E-state index in [4.69, 9.17) is 4.74 Å². The minimum Gasteiger partial charge on any atom is -0.497 e. The molecule has 20 heavy (non-hydrogen) atoms. The Hall–Kier alpha value is -2.32. The first-order chi connectivity index (χ1) is 9.59. The van der Waals surface area contributed by atoms with Crippen LogP contribution in [0.2, 0.25) is 0 Å². The highest BCUT2D eigenvalue weighted by molar-refractivity contribution is 7.92. The molecule has 102 valence electrons. The smallest absolute Gasteiger partial charge is 0.198 e. The summed E-state index contributed by atoms with van der Waals surface area (Å²) in [4.78, 5) is 0.141. The van der Waals surface area contributed by atoms with Crippen LogP contribution in [0.5, 0.6) is 5.75 Å². The molecule has 0 fully saturated rings. The molecule has 0 aliphatic carbocycles. The average Bonchev–Trinajstić information content (AvgIpc) is 2.49. The SMILES string of the molecule is COc1ccc(C(C#N)S(=O)(=O)c2ccccc2)cc1. The minimum atomic E-state index is -3.73. The third kappa shape index (κ3) is 2.65. The van der Waals surface area contributed by atoms with Crippen molar-refractivity contribution in [3.63, 3.8) is 0 Å². The Bertz CT molecular complexity index is 716. The van der Waals surface area contributed by atoms with E-state index >= 15 is 0 Å². The number of nitriles is 1. The van der Waals surface area contributed by atoms with Crippen LogP contribution < -0.4 is 4.74 Å². The summed E-state index contributed by atoms with van der Waals surface area (Å²) in [5.41, 5.74) is 0.428. The van der Waals surface area contributed by atoms with Crippen molar-refractivity contribution in [2.24, 2.45) is 0 Å². The molecule has 1 unspecified atom stereocenters. The number of methoxy groups -OCH3 is 1. The van der Waals surface area contributed by atoms with Gasteiger partial charge < -0.3 is 4.74 Å². The lowest BCUT2D eigenvalue weighted by Crippen LogP contribution is -2.12. The van der Waals surface area contributed by atoms with E-state index in [0.717, 1.165) is 0 Å². The molecular formula is C15H13NO3S. The molecule has 0 aromatic heterocycles. The summed E-state index contributed by atoms with van der Waals surface area (Å²) < 4.78 is 29.9. The van der Waals surface area contributed by atoms with Gasteiger partial charge in [-0.3, -0.25) is 0 Å². The third-order valence-corrected chi connectivity index (χ3v) is 4.85. The topological polar surface area (TPSA) is 67.2 Å². The van der Waals surface area contributed by atoms with Crippen molar-refractivity contribution in [3.8, 4) is 11.8 Å². The summed E-state index contributed by atoms with van der Waals surface area (Å²) in [6.07, 6.45) is 0. The zero-order chi connectivity index (χ0) is 14.6. The number of benzene rings is 2. The summed E-state index contributed by atoms with van der Waals surface area (Å²) in [7, 11) is -2.20. The van der Waals surface area contributed by atoms with Crippen LogP contribution in [-0.4, -0.2) is 15.5 Å². The van der Waals surface area contributed by atoms with E-state index in [-0.39, 0.29) is 4.90 Å². The molecule has 0 heterocycles. The predicted molar refractivity (Wildman–Crippen MR) is 75.0 cm³/mol. The molecule has 0 radical (unpaired) electrons. The number of hydrogen-bond donors (Lipinski definition) is 0. The van der Waals surface area contributed by atoms with Crippen molar-refractivity contribution in [2.45, 2.75) is 10.1 Å². The van der Waals surface area contributed by atoms with Gasteiger partial charge in [-0.25, -0.2) is 8.42 Å². The highest BCUT2D eigenvalue weighted by Gasteiger charge is 2.28. The first-order valence-electron chi connectivity index (χ1n) is 5.92. The normalized spacial score (nSPS) is 12.4. The summed E-state index contributed by atoms with van der Waals surface area (Å²) >= 11 is 0. The maximum Gasteiger partial charge on any atom is 0.198 e. The zero-order valence-electron chi connectivity index (χ0n) is 10.9. The van der Waals surface area contributed by atoms with Gasteiger partial charge in [-0.05, 0) is 29.8 Å². The van der Waals surface area contributed by atoms with E-state index in [1.165, 1.54) is 19.2 Å². The Morgan fingerprint density at radius 1 is 1.05 bits per heavy atom. The molecule has 0 bridgehead atoms. The summed E-state index contributed by atoms with van der Waals surface area (Å²) in [5.74, 6) is 0.613. The quantitative estimate of drug-likeness (QED) is 0.867. The van der Waals surface area contributed by atoms with E-state index in [2.05, 4.69) is 0 Å². The van der Waals surface area contributed by atoms with E-state index in [9.17, 15) is 13.7 Å². The number of nitrogens with zero attached hydrogens (tertiary/aromatic N) is 1. The lowest BCUT2D eigenvalue weighted by molar-refractivity contribution is 0.414. The van der Waals surface area contributed by atoms with E-state index in [1.807, 2.05) is 6.07 Å². The van der Waals surface area contributed by atoms with Crippen molar-refractivity contribution in [1.29, 1.82) is 5.26 Å². The molecule has 0 aliphatic rings. The van der Waals surface area contributed by atoms with Crippen molar-refractivity contribution in [2.75, 3.05) is 7.11 Å². The number of rotatable bonds is 4. The number of ether oxygens (including phenoxy) is 1. The first kappa shape index (κ1) is 14.1. The fraction of sp³-hybridized carbons (Fsp3) is 0.133. The zero-order valence-corrected chi connectivity index (χ0v) is 11.7. The molecule has 2 aromatic rings. The second-order valence-corrected chi connectivity index (χ2v) is 6.17. The maximum absolute atomic E-state index is 12.5. The fourth-order valence-corrected chi connectivity index (χ4v) is 3.31. The molecule has 1 atom stereocenters. The van der Waals surface area contributed by atoms with Crippen LogP contribution in [0.4, 0.5) is 0 Å². The summed E-state index contributed by atoms with van der Waals surface area (Å²) in [6.45, 7) is 0. The van der Waals surface area contributed by atoms with Crippen LogP contribution in [-0.2, 0) is 9.84 Å². The van der Waals surface area contributed by atoms with Crippen LogP contribution in [0.25, 0.3) is 0 Å². The Labute approximate surface area is 118 Å².